The lowest BCUT2D eigenvalue weighted by atomic mass is 9.90. The fourth-order valence-electron chi connectivity index (χ4n) is 2.39. The monoisotopic (exact) mass is 246 g/mol. The van der Waals surface area contributed by atoms with Crippen LogP contribution in [0.25, 0.3) is 0 Å². The van der Waals surface area contributed by atoms with Crippen LogP contribution in [0.1, 0.15) is 44.7 Å². The summed E-state index contributed by atoms with van der Waals surface area (Å²) in [6.45, 7) is 5.94. The molecule has 2 amide bonds. The van der Waals surface area contributed by atoms with Gasteiger partial charge >= 0.3 is 6.03 Å². The van der Waals surface area contributed by atoms with E-state index in [-0.39, 0.29) is 11.6 Å². The molecular formula is C15H22N2O. The van der Waals surface area contributed by atoms with Gasteiger partial charge in [-0.25, -0.2) is 4.79 Å². The Hall–Kier alpha value is -1.51. The topological polar surface area (TPSA) is 41.1 Å². The Labute approximate surface area is 109 Å². The van der Waals surface area contributed by atoms with Gasteiger partial charge in [0.25, 0.3) is 0 Å². The van der Waals surface area contributed by atoms with Crippen LogP contribution >= 0.6 is 0 Å². The molecule has 98 valence electrons. The largest absolute Gasteiger partial charge is 0.333 e. The van der Waals surface area contributed by atoms with E-state index in [0.717, 1.165) is 18.5 Å². The first-order valence-electron chi connectivity index (χ1n) is 6.66. The summed E-state index contributed by atoms with van der Waals surface area (Å²) in [6, 6.07) is 6.06. The second-order valence-electron chi connectivity index (χ2n) is 5.98. The zero-order valence-corrected chi connectivity index (χ0v) is 11.5. The van der Waals surface area contributed by atoms with Gasteiger partial charge in [0.05, 0.1) is 0 Å². The maximum Gasteiger partial charge on any atom is 0.319 e. The van der Waals surface area contributed by atoms with Crippen LogP contribution in [-0.2, 0) is 12.8 Å². The summed E-state index contributed by atoms with van der Waals surface area (Å²) in [7, 11) is 0. The minimum Gasteiger partial charge on any atom is -0.333 e. The number of urea groups is 1. The number of hydrogen-bond donors (Lipinski definition) is 2. The van der Waals surface area contributed by atoms with Crippen molar-refractivity contribution < 1.29 is 4.79 Å². The van der Waals surface area contributed by atoms with E-state index in [0.29, 0.717) is 0 Å². The number of fused-ring (bicyclic) bond motifs is 1. The number of rotatable bonds is 1. The molecule has 2 rings (SSSR count). The van der Waals surface area contributed by atoms with E-state index in [9.17, 15) is 4.79 Å². The number of carbonyl (C=O) groups is 1. The molecule has 0 saturated heterocycles. The molecule has 0 fully saturated rings. The molecule has 0 radical (unpaired) electrons. The second kappa shape index (κ2) is 5.01. The fraction of sp³-hybridized carbons (Fsp3) is 0.533. The van der Waals surface area contributed by atoms with Gasteiger partial charge in [-0.05, 0) is 63.6 Å². The molecule has 18 heavy (non-hydrogen) atoms. The average molecular weight is 246 g/mol. The Kier molecular flexibility index (Phi) is 3.60. The first kappa shape index (κ1) is 12.9. The highest BCUT2D eigenvalue weighted by molar-refractivity contribution is 5.90. The Morgan fingerprint density at radius 3 is 2.61 bits per heavy atom. The molecule has 3 nitrogen and oxygen atoms in total. The average Bonchev–Trinajstić information content (AvgIpc) is 2.27. The van der Waals surface area contributed by atoms with E-state index in [1.165, 1.54) is 24.0 Å². The van der Waals surface area contributed by atoms with E-state index in [1.54, 1.807) is 0 Å². The van der Waals surface area contributed by atoms with Crippen molar-refractivity contribution >= 4 is 11.7 Å². The third-order valence-electron chi connectivity index (χ3n) is 3.13. The van der Waals surface area contributed by atoms with Crippen molar-refractivity contribution in [1.82, 2.24) is 5.32 Å². The molecule has 0 aromatic heterocycles. The highest BCUT2D eigenvalue weighted by Gasteiger charge is 2.17. The normalized spacial score (nSPS) is 14.8. The molecule has 1 aromatic carbocycles. The van der Waals surface area contributed by atoms with Gasteiger partial charge in [0.2, 0.25) is 0 Å². The zero-order chi connectivity index (χ0) is 13.2. The Morgan fingerprint density at radius 2 is 1.89 bits per heavy atom. The van der Waals surface area contributed by atoms with Crippen molar-refractivity contribution in [1.29, 1.82) is 0 Å². The first-order valence-corrected chi connectivity index (χ1v) is 6.66. The zero-order valence-electron chi connectivity index (χ0n) is 11.5. The van der Waals surface area contributed by atoms with Crippen molar-refractivity contribution in [2.24, 2.45) is 0 Å². The summed E-state index contributed by atoms with van der Waals surface area (Å²) < 4.78 is 0. The minimum absolute atomic E-state index is 0.124. The van der Waals surface area contributed by atoms with Crippen LogP contribution in [-0.4, -0.2) is 11.6 Å². The lowest BCUT2D eigenvalue weighted by Crippen LogP contribution is -2.43. The smallest absolute Gasteiger partial charge is 0.319 e. The van der Waals surface area contributed by atoms with Crippen LogP contribution in [0.15, 0.2) is 18.2 Å². The number of aryl methyl sites for hydroxylation is 1. The van der Waals surface area contributed by atoms with Crippen molar-refractivity contribution in [3.8, 4) is 0 Å². The number of amides is 2. The lowest BCUT2D eigenvalue weighted by molar-refractivity contribution is 0.244. The van der Waals surface area contributed by atoms with Crippen LogP contribution in [0.5, 0.6) is 0 Å². The maximum atomic E-state index is 11.9. The molecule has 0 heterocycles. The Balaban J connectivity index is 2.12. The summed E-state index contributed by atoms with van der Waals surface area (Å²) in [5, 5.41) is 5.90. The number of carbonyl (C=O) groups excluding carboxylic acids is 1. The van der Waals surface area contributed by atoms with Crippen LogP contribution in [0.2, 0.25) is 0 Å². The van der Waals surface area contributed by atoms with Gasteiger partial charge in [-0.1, -0.05) is 12.1 Å². The SMILES string of the molecule is CC(C)(C)NC(=O)Nc1cccc2c1CCCC2. The summed E-state index contributed by atoms with van der Waals surface area (Å²) >= 11 is 0. The molecule has 1 aliphatic rings. The lowest BCUT2D eigenvalue weighted by Gasteiger charge is -2.23. The number of nitrogens with one attached hydrogen (secondary N) is 2. The van der Waals surface area contributed by atoms with Gasteiger partial charge in [0.15, 0.2) is 0 Å². The van der Waals surface area contributed by atoms with E-state index in [4.69, 9.17) is 0 Å². The molecule has 0 saturated carbocycles. The van der Waals surface area contributed by atoms with Gasteiger partial charge in [-0.3, -0.25) is 0 Å². The number of benzene rings is 1. The Bertz CT molecular complexity index is 446. The molecule has 1 aromatic rings. The van der Waals surface area contributed by atoms with Crippen LogP contribution in [0, 0.1) is 0 Å². The molecule has 0 unspecified atom stereocenters. The second-order valence-corrected chi connectivity index (χ2v) is 5.98. The molecule has 0 spiro atoms. The minimum atomic E-state index is -0.209. The van der Waals surface area contributed by atoms with Crippen LogP contribution in [0.4, 0.5) is 10.5 Å². The van der Waals surface area contributed by atoms with Gasteiger partial charge < -0.3 is 10.6 Å². The number of anilines is 1. The van der Waals surface area contributed by atoms with Crippen LogP contribution in [0.3, 0.4) is 0 Å². The van der Waals surface area contributed by atoms with Crippen LogP contribution < -0.4 is 10.6 Å². The van der Waals surface area contributed by atoms with Crippen molar-refractivity contribution in [2.75, 3.05) is 5.32 Å². The van der Waals surface area contributed by atoms with E-state index in [2.05, 4.69) is 16.7 Å². The highest BCUT2D eigenvalue weighted by Crippen LogP contribution is 2.27. The summed E-state index contributed by atoms with van der Waals surface area (Å²) in [5.74, 6) is 0. The van der Waals surface area contributed by atoms with E-state index >= 15 is 0 Å². The quantitative estimate of drug-likeness (QED) is 0.782. The van der Waals surface area contributed by atoms with Gasteiger partial charge in [-0.2, -0.15) is 0 Å². The van der Waals surface area contributed by atoms with Gasteiger partial charge in [0.1, 0.15) is 0 Å². The predicted molar refractivity (Wildman–Crippen MR) is 75.0 cm³/mol. The molecule has 0 aliphatic heterocycles. The third kappa shape index (κ3) is 3.25. The Morgan fingerprint density at radius 1 is 1.17 bits per heavy atom. The van der Waals surface area contributed by atoms with Gasteiger partial charge in [0, 0.05) is 11.2 Å². The molecule has 3 heteroatoms. The molecule has 0 bridgehead atoms. The number of hydrogen-bond acceptors (Lipinski definition) is 1. The van der Waals surface area contributed by atoms with Crippen molar-refractivity contribution in [3.63, 3.8) is 0 Å². The summed E-state index contributed by atoms with van der Waals surface area (Å²) in [6.07, 6.45) is 4.67. The molecule has 2 N–H and O–H groups in total. The fourth-order valence-corrected chi connectivity index (χ4v) is 2.39. The van der Waals surface area contributed by atoms with Crippen molar-refractivity contribution in [2.45, 2.75) is 52.0 Å². The standard InChI is InChI=1S/C15H22N2O/c1-15(2,3)17-14(18)16-13-10-6-8-11-7-4-5-9-12(11)13/h6,8,10H,4-5,7,9H2,1-3H3,(H2,16,17,18). The molecular weight excluding hydrogens is 224 g/mol. The van der Waals surface area contributed by atoms with Crippen molar-refractivity contribution in [3.05, 3.63) is 29.3 Å². The van der Waals surface area contributed by atoms with E-state index < -0.39 is 0 Å². The first-order chi connectivity index (χ1) is 8.46. The van der Waals surface area contributed by atoms with Gasteiger partial charge in [-0.15, -0.1) is 0 Å². The highest BCUT2D eigenvalue weighted by atomic mass is 16.2. The third-order valence-corrected chi connectivity index (χ3v) is 3.13. The molecule has 1 aliphatic carbocycles. The van der Waals surface area contributed by atoms with E-state index in [1.807, 2.05) is 32.9 Å². The summed E-state index contributed by atoms with van der Waals surface area (Å²) in [5.41, 5.74) is 3.45. The summed E-state index contributed by atoms with van der Waals surface area (Å²) in [4.78, 5) is 11.9. The molecule has 0 atom stereocenters. The predicted octanol–water partition coefficient (Wildman–Crippen LogP) is 3.49. The maximum absolute atomic E-state index is 11.9.